The zero-order valence-corrected chi connectivity index (χ0v) is 11.3. The molecule has 1 aromatic rings. The highest BCUT2D eigenvalue weighted by Crippen LogP contribution is 2.25. The summed E-state index contributed by atoms with van der Waals surface area (Å²) in [5, 5.41) is 9.23. The van der Waals surface area contributed by atoms with Crippen LogP contribution in [0.4, 0.5) is 0 Å². The SMILES string of the molecule is CCCN(CC(=O)O)C(=O)c1c(Cl)cccc1Cl. The van der Waals surface area contributed by atoms with Crippen molar-refractivity contribution in [2.75, 3.05) is 13.1 Å². The molecule has 0 aromatic heterocycles. The molecule has 4 nitrogen and oxygen atoms in total. The molecule has 0 unspecified atom stereocenters. The maximum absolute atomic E-state index is 12.2. The third-order valence-corrected chi connectivity index (χ3v) is 2.91. The number of nitrogens with zero attached hydrogens (tertiary/aromatic N) is 1. The second-order valence-corrected chi connectivity index (χ2v) is 4.53. The van der Waals surface area contributed by atoms with Gasteiger partial charge in [0.25, 0.3) is 5.91 Å². The predicted octanol–water partition coefficient (Wildman–Crippen LogP) is 2.93. The summed E-state index contributed by atoms with van der Waals surface area (Å²) in [4.78, 5) is 24.2. The van der Waals surface area contributed by atoms with Gasteiger partial charge in [0.2, 0.25) is 0 Å². The first-order valence-electron chi connectivity index (χ1n) is 5.42. The molecule has 6 heteroatoms. The van der Waals surface area contributed by atoms with Gasteiger partial charge >= 0.3 is 5.97 Å². The van der Waals surface area contributed by atoms with Gasteiger partial charge in [-0.05, 0) is 18.6 Å². The lowest BCUT2D eigenvalue weighted by molar-refractivity contribution is -0.137. The van der Waals surface area contributed by atoms with E-state index in [4.69, 9.17) is 28.3 Å². The molecule has 0 atom stereocenters. The summed E-state index contributed by atoms with van der Waals surface area (Å²) in [5.74, 6) is -1.53. The summed E-state index contributed by atoms with van der Waals surface area (Å²) in [5.41, 5.74) is 0.149. The van der Waals surface area contributed by atoms with E-state index >= 15 is 0 Å². The molecule has 1 N–H and O–H groups in total. The van der Waals surface area contributed by atoms with Gasteiger partial charge in [-0.1, -0.05) is 36.2 Å². The van der Waals surface area contributed by atoms with Gasteiger partial charge in [0.1, 0.15) is 6.54 Å². The second-order valence-electron chi connectivity index (χ2n) is 3.72. The van der Waals surface area contributed by atoms with Crippen LogP contribution in [0.25, 0.3) is 0 Å². The van der Waals surface area contributed by atoms with Crippen molar-refractivity contribution >= 4 is 35.1 Å². The van der Waals surface area contributed by atoms with Gasteiger partial charge < -0.3 is 10.0 Å². The average Bonchev–Trinajstić information content (AvgIpc) is 2.27. The molecule has 0 bridgehead atoms. The Morgan fingerprint density at radius 1 is 1.28 bits per heavy atom. The number of carboxylic acids is 1. The Morgan fingerprint density at radius 3 is 2.28 bits per heavy atom. The van der Waals surface area contributed by atoms with Crippen LogP contribution in [0.15, 0.2) is 18.2 Å². The minimum absolute atomic E-state index is 0.149. The smallest absolute Gasteiger partial charge is 0.323 e. The minimum Gasteiger partial charge on any atom is -0.480 e. The van der Waals surface area contributed by atoms with Crippen LogP contribution in [0.1, 0.15) is 23.7 Å². The van der Waals surface area contributed by atoms with Crippen LogP contribution in [0.5, 0.6) is 0 Å². The second kappa shape index (κ2) is 6.61. The number of carbonyl (C=O) groups excluding carboxylic acids is 1. The molecular formula is C12H13Cl2NO3. The lowest BCUT2D eigenvalue weighted by atomic mass is 10.2. The van der Waals surface area contributed by atoms with Gasteiger partial charge in [-0.15, -0.1) is 0 Å². The van der Waals surface area contributed by atoms with Crippen molar-refractivity contribution in [3.63, 3.8) is 0 Å². The molecule has 1 aromatic carbocycles. The Labute approximate surface area is 115 Å². The van der Waals surface area contributed by atoms with Gasteiger partial charge in [-0.2, -0.15) is 0 Å². The molecule has 0 aliphatic heterocycles. The first kappa shape index (κ1) is 14.8. The van der Waals surface area contributed by atoms with Crippen molar-refractivity contribution < 1.29 is 14.7 Å². The Kier molecular flexibility index (Phi) is 5.44. The summed E-state index contributed by atoms with van der Waals surface area (Å²) >= 11 is 11.9. The zero-order valence-electron chi connectivity index (χ0n) is 9.82. The number of rotatable bonds is 5. The fourth-order valence-corrected chi connectivity index (χ4v) is 2.10. The molecule has 1 amide bonds. The number of hydrogen-bond acceptors (Lipinski definition) is 2. The maximum Gasteiger partial charge on any atom is 0.323 e. The Balaban J connectivity index is 3.05. The fraction of sp³-hybridized carbons (Fsp3) is 0.333. The number of halogens is 2. The van der Waals surface area contributed by atoms with Crippen molar-refractivity contribution in [3.8, 4) is 0 Å². The Morgan fingerprint density at radius 2 is 1.83 bits per heavy atom. The zero-order chi connectivity index (χ0) is 13.7. The quantitative estimate of drug-likeness (QED) is 0.907. The van der Waals surface area contributed by atoms with E-state index in [0.29, 0.717) is 13.0 Å². The summed E-state index contributed by atoms with van der Waals surface area (Å²) < 4.78 is 0. The molecule has 0 saturated carbocycles. The molecule has 0 radical (unpaired) electrons. The number of aliphatic carboxylic acids is 1. The van der Waals surface area contributed by atoms with Crippen LogP contribution in [-0.4, -0.2) is 35.0 Å². The van der Waals surface area contributed by atoms with Crippen LogP contribution in [0, 0.1) is 0 Å². The molecule has 0 aliphatic rings. The Bertz CT molecular complexity index is 442. The van der Waals surface area contributed by atoms with E-state index in [9.17, 15) is 9.59 Å². The van der Waals surface area contributed by atoms with Crippen molar-refractivity contribution in [2.24, 2.45) is 0 Å². The van der Waals surface area contributed by atoms with E-state index in [1.807, 2.05) is 6.92 Å². The lowest BCUT2D eigenvalue weighted by Crippen LogP contribution is -2.36. The first-order chi connectivity index (χ1) is 8.47. The van der Waals surface area contributed by atoms with Crippen LogP contribution >= 0.6 is 23.2 Å². The van der Waals surface area contributed by atoms with Crippen molar-refractivity contribution in [1.29, 1.82) is 0 Å². The summed E-state index contributed by atoms with van der Waals surface area (Å²) in [6.45, 7) is 1.83. The van der Waals surface area contributed by atoms with Gasteiger partial charge in [-0.25, -0.2) is 0 Å². The van der Waals surface area contributed by atoms with E-state index < -0.39 is 11.9 Å². The number of carbonyl (C=O) groups is 2. The monoisotopic (exact) mass is 289 g/mol. The summed E-state index contributed by atoms with van der Waals surface area (Å²) in [6, 6.07) is 4.72. The lowest BCUT2D eigenvalue weighted by Gasteiger charge is -2.21. The molecule has 0 spiro atoms. The van der Waals surface area contributed by atoms with Gasteiger partial charge in [-0.3, -0.25) is 9.59 Å². The molecule has 0 saturated heterocycles. The largest absolute Gasteiger partial charge is 0.480 e. The van der Waals surface area contributed by atoms with E-state index in [2.05, 4.69) is 0 Å². The van der Waals surface area contributed by atoms with Crippen molar-refractivity contribution in [3.05, 3.63) is 33.8 Å². The van der Waals surface area contributed by atoms with Gasteiger partial charge in [0.05, 0.1) is 15.6 Å². The standard InChI is InChI=1S/C12H13Cl2NO3/c1-2-6-15(7-10(16)17)12(18)11-8(13)4-3-5-9(11)14/h3-5H,2,6-7H2,1H3,(H,16,17). The predicted molar refractivity (Wildman–Crippen MR) is 70.3 cm³/mol. The normalized spacial score (nSPS) is 10.2. The van der Waals surface area contributed by atoms with Crippen LogP contribution in [0.3, 0.4) is 0 Å². The molecule has 0 aliphatic carbocycles. The van der Waals surface area contributed by atoms with Crippen LogP contribution in [0.2, 0.25) is 10.0 Å². The molecule has 98 valence electrons. The topological polar surface area (TPSA) is 57.6 Å². The molecule has 1 rings (SSSR count). The molecule has 0 heterocycles. The van der Waals surface area contributed by atoms with Crippen molar-refractivity contribution in [1.82, 2.24) is 4.90 Å². The van der Waals surface area contributed by atoms with E-state index in [1.165, 1.54) is 4.90 Å². The van der Waals surface area contributed by atoms with Crippen LogP contribution < -0.4 is 0 Å². The number of benzene rings is 1. The van der Waals surface area contributed by atoms with Crippen molar-refractivity contribution in [2.45, 2.75) is 13.3 Å². The average molecular weight is 290 g/mol. The minimum atomic E-state index is -1.07. The Hall–Kier alpha value is -1.26. The molecule has 18 heavy (non-hydrogen) atoms. The number of carboxylic acid groups (broad SMARTS) is 1. The maximum atomic E-state index is 12.2. The van der Waals surface area contributed by atoms with E-state index in [0.717, 1.165) is 0 Å². The highest BCUT2D eigenvalue weighted by Gasteiger charge is 2.22. The van der Waals surface area contributed by atoms with Gasteiger partial charge in [0, 0.05) is 6.54 Å². The summed E-state index contributed by atoms with van der Waals surface area (Å²) in [7, 11) is 0. The van der Waals surface area contributed by atoms with Crippen LogP contribution in [-0.2, 0) is 4.79 Å². The van der Waals surface area contributed by atoms with Gasteiger partial charge in [0.15, 0.2) is 0 Å². The highest BCUT2D eigenvalue weighted by atomic mass is 35.5. The summed E-state index contributed by atoms with van der Waals surface area (Å²) in [6.07, 6.45) is 0.654. The van der Waals surface area contributed by atoms with E-state index in [1.54, 1.807) is 18.2 Å². The third kappa shape index (κ3) is 3.62. The molecule has 0 fully saturated rings. The highest BCUT2D eigenvalue weighted by molar-refractivity contribution is 6.39. The third-order valence-electron chi connectivity index (χ3n) is 2.28. The number of hydrogen-bond donors (Lipinski definition) is 1. The van der Waals surface area contributed by atoms with E-state index in [-0.39, 0.29) is 22.2 Å². The fourth-order valence-electron chi connectivity index (χ4n) is 1.55. The number of amides is 1. The molecular weight excluding hydrogens is 277 g/mol. The first-order valence-corrected chi connectivity index (χ1v) is 6.18.